The van der Waals surface area contributed by atoms with Gasteiger partial charge in [-0.1, -0.05) is 29.8 Å². The summed E-state index contributed by atoms with van der Waals surface area (Å²) in [7, 11) is 0. The van der Waals surface area contributed by atoms with Gasteiger partial charge in [0.05, 0.1) is 5.69 Å². The van der Waals surface area contributed by atoms with Gasteiger partial charge in [-0.15, -0.1) is 0 Å². The van der Waals surface area contributed by atoms with Crippen LogP contribution >= 0.6 is 11.6 Å². The maximum Gasteiger partial charge on any atom is 0.267 e. The second kappa shape index (κ2) is 7.76. The summed E-state index contributed by atoms with van der Waals surface area (Å²) in [5.41, 5.74) is 5.04. The Labute approximate surface area is 162 Å². The highest BCUT2D eigenvalue weighted by Crippen LogP contribution is 2.20. The van der Waals surface area contributed by atoms with E-state index in [1.807, 2.05) is 45.0 Å². The quantitative estimate of drug-likeness (QED) is 0.739. The molecular weight excluding hydrogens is 362 g/mol. The van der Waals surface area contributed by atoms with E-state index in [2.05, 4.69) is 10.4 Å². The Morgan fingerprint density at radius 3 is 2.44 bits per heavy atom. The van der Waals surface area contributed by atoms with Gasteiger partial charge in [-0.3, -0.25) is 9.59 Å². The highest BCUT2D eigenvalue weighted by Gasteiger charge is 2.10. The average molecular weight is 382 g/mol. The number of hydrogen-bond acceptors (Lipinski definition) is 3. The third kappa shape index (κ3) is 4.44. The van der Waals surface area contributed by atoms with Crippen LogP contribution in [0.25, 0.3) is 11.3 Å². The summed E-state index contributed by atoms with van der Waals surface area (Å²) in [5, 5.41) is 7.65. The number of halogens is 1. The second-order valence-corrected chi connectivity index (χ2v) is 6.93. The maximum absolute atomic E-state index is 12.3. The molecule has 0 fully saturated rings. The molecule has 2 aromatic carbocycles. The minimum atomic E-state index is -0.346. The number of nitrogens with zero attached hydrogens (tertiary/aromatic N) is 2. The van der Waals surface area contributed by atoms with E-state index >= 15 is 0 Å². The molecule has 3 aromatic rings. The number of nitrogens with one attached hydrogen (secondary N) is 1. The third-order valence-electron chi connectivity index (χ3n) is 4.42. The van der Waals surface area contributed by atoms with E-state index in [-0.39, 0.29) is 18.0 Å². The van der Waals surface area contributed by atoms with Crippen LogP contribution in [0.2, 0.25) is 5.02 Å². The Hall–Kier alpha value is -2.92. The lowest BCUT2D eigenvalue weighted by molar-refractivity contribution is -0.117. The van der Waals surface area contributed by atoms with Gasteiger partial charge in [-0.2, -0.15) is 5.10 Å². The fourth-order valence-electron chi connectivity index (χ4n) is 2.62. The average Bonchev–Trinajstić information content (AvgIpc) is 2.62. The number of benzene rings is 2. The van der Waals surface area contributed by atoms with Crippen molar-refractivity contribution >= 4 is 23.2 Å². The Balaban J connectivity index is 1.81. The lowest BCUT2D eigenvalue weighted by atomic mass is 10.0. The SMILES string of the molecule is Cc1ccc(-c2ccc(=O)n(CC(=O)Nc3ccc(C)c(Cl)c3)n2)cc1C. The van der Waals surface area contributed by atoms with Crippen molar-refractivity contribution in [3.8, 4) is 11.3 Å². The van der Waals surface area contributed by atoms with Crippen molar-refractivity contribution in [2.45, 2.75) is 27.3 Å². The van der Waals surface area contributed by atoms with Crippen LogP contribution in [0.3, 0.4) is 0 Å². The Bertz CT molecular complexity index is 1070. The molecule has 6 heteroatoms. The molecule has 0 aliphatic heterocycles. The molecule has 5 nitrogen and oxygen atoms in total. The molecule has 0 radical (unpaired) electrons. The number of carbonyl (C=O) groups is 1. The topological polar surface area (TPSA) is 64.0 Å². The van der Waals surface area contributed by atoms with Crippen molar-refractivity contribution in [2.75, 3.05) is 5.32 Å². The first-order valence-corrected chi connectivity index (χ1v) is 8.93. The minimum Gasteiger partial charge on any atom is -0.324 e. The van der Waals surface area contributed by atoms with E-state index in [1.165, 1.54) is 11.6 Å². The van der Waals surface area contributed by atoms with Gasteiger partial charge in [-0.05, 0) is 61.7 Å². The Kier molecular flexibility index (Phi) is 5.42. The zero-order valence-electron chi connectivity index (χ0n) is 15.4. The van der Waals surface area contributed by atoms with Crippen molar-refractivity contribution in [1.29, 1.82) is 0 Å². The molecule has 0 spiro atoms. The molecule has 1 aromatic heterocycles. The summed E-state index contributed by atoms with van der Waals surface area (Å²) in [6.45, 7) is 5.77. The van der Waals surface area contributed by atoms with E-state index in [9.17, 15) is 9.59 Å². The zero-order chi connectivity index (χ0) is 19.6. The van der Waals surface area contributed by atoms with Crippen LogP contribution in [0.5, 0.6) is 0 Å². The van der Waals surface area contributed by atoms with Crippen molar-refractivity contribution in [3.63, 3.8) is 0 Å². The molecule has 0 bridgehead atoms. The summed E-state index contributed by atoms with van der Waals surface area (Å²) in [6, 6.07) is 14.3. The van der Waals surface area contributed by atoms with E-state index < -0.39 is 0 Å². The van der Waals surface area contributed by atoms with E-state index in [0.717, 1.165) is 21.4 Å². The normalized spacial score (nSPS) is 10.7. The maximum atomic E-state index is 12.3. The van der Waals surface area contributed by atoms with Crippen molar-refractivity contribution in [1.82, 2.24) is 9.78 Å². The smallest absolute Gasteiger partial charge is 0.267 e. The predicted octanol–water partition coefficient (Wildman–Crippen LogP) is 4.13. The van der Waals surface area contributed by atoms with Gasteiger partial charge in [0.1, 0.15) is 6.54 Å². The van der Waals surface area contributed by atoms with E-state index in [1.54, 1.807) is 18.2 Å². The van der Waals surface area contributed by atoms with Crippen LogP contribution < -0.4 is 10.9 Å². The molecule has 0 aliphatic carbocycles. The number of carbonyl (C=O) groups excluding carboxylic acids is 1. The summed E-state index contributed by atoms with van der Waals surface area (Å²) >= 11 is 6.08. The number of amides is 1. The molecule has 1 N–H and O–H groups in total. The van der Waals surface area contributed by atoms with Gasteiger partial charge in [0, 0.05) is 22.3 Å². The molecular formula is C21H20ClN3O2. The number of anilines is 1. The summed E-state index contributed by atoms with van der Waals surface area (Å²) < 4.78 is 1.16. The third-order valence-corrected chi connectivity index (χ3v) is 4.83. The second-order valence-electron chi connectivity index (χ2n) is 6.53. The predicted molar refractivity (Wildman–Crippen MR) is 108 cm³/mol. The molecule has 0 saturated heterocycles. The molecule has 0 saturated carbocycles. The Morgan fingerprint density at radius 1 is 1.00 bits per heavy atom. The highest BCUT2D eigenvalue weighted by atomic mass is 35.5. The monoisotopic (exact) mass is 381 g/mol. The number of aromatic nitrogens is 2. The molecule has 138 valence electrons. The summed E-state index contributed by atoms with van der Waals surface area (Å²) in [4.78, 5) is 24.4. The lowest BCUT2D eigenvalue weighted by Crippen LogP contribution is -2.29. The molecule has 1 heterocycles. The van der Waals surface area contributed by atoms with E-state index in [0.29, 0.717) is 16.4 Å². The first-order valence-electron chi connectivity index (χ1n) is 8.55. The van der Waals surface area contributed by atoms with Crippen molar-refractivity contribution < 1.29 is 4.79 Å². The fourth-order valence-corrected chi connectivity index (χ4v) is 2.80. The van der Waals surface area contributed by atoms with Crippen LogP contribution in [0.1, 0.15) is 16.7 Å². The first kappa shape index (κ1) is 18.9. The van der Waals surface area contributed by atoms with Crippen molar-refractivity contribution in [3.05, 3.63) is 80.6 Å². The highest BCUT2D eigenvalue weighted by molar-refractivity contribution is 6.31. The first-order chi connectivity index (χ1) is 12.8. The number of aryl methyl sites for hydroxylation is 3. The standard InChI is InChI=1S/C21H20ClN3O2/c1-13-4-6-16(10-15(13)3)19-8-9-21(27)25(24-19)12-20(26)23-17-7-5-14(2)18(22)11-17/h4-11H,12H2,1-3H3,(H,23,26). The lowest BCUT2D eigenvalue weighted by Gasteiger charge is -2.10. The van der Waals surface area contributed by atoms with Gasteiger partial charge in [0.25, 0.3) is 5.56 Å². The molecule has 0 unspecified atom stereocenters. The Morgan fingerprint density at radius 2 is 1.74 bits per heavy atom. The van der Waals surface area contributed by atoms with Gasteiger partial charge in [-0.25, -0.2) is 4.68 Å². The van der Waals surface area contributed by atoms with Gasteiger partial charge < -0.3 is 5.32 Å². The fraction of sp³-hybridized carbons (Fsp3) is 0.190. The number of hydrogen-bond donors (Lipinski definition) is 1. The van der Waals surface area contributed by atoms with Crippen LogP contribution in [0.4, 0.5) is 5.69 Å². The number of rotatable bonds is 4. The largest absolute Gasteiger partial charge is 0.324 e. The van der Waals surface area contributed by atoms with Gasteiger partial charge in [0.2, 0.25) is 5.91 Å². The van der Waals surface area contributed by atoms with Crippen molar-refractivity contribution in [2.24, 2.45) is 0 Å². The van der Waals surface area contributed by atoms with E-state index in [4.69, 9.17) is 11.6 Å². The molecule has 3 rings (SSSR count). The zero-order valence-corrected chi connectivity index (χ0v) is 16.2. The molecule has 1 amide bonds. The van der Waals surface area contributed by atoms with Gasteiger partial charge >= 0.3 is 0 Å². The summed E-state index contributed by atoms with van der Waals surface area (Å²) in [5.74, 6) is -0.346. The van der Waals surface area contributed by atoms with Crippen LogP contribution in [0.15, 0.2) is 53.3 Å². The van der Waals surface area contributed by atoms with Crippen LogP contribution in [0, 0.1) is 20.8 Å². The summed E-state index contributed by atoms with van der Waals surface area (Å²) in [6.07, 6.45) is 0. The van der Waals surface area contributed by atoms with Gasteiger partial charge in [0.15, 0.2) is 0 Å². The minimum absolute atomic E-state index is 0.178. The molecule has 0 atom stereocenters. The molecule has 0 aliphatic rings. The van der Waals surface area contributed by atoms with Crippen LogP contribution in [-0.4, -0.2) is 15.7 Å². The van der Waals surface area contributed by atoms with Crippen LogP contribution in [-0.2, 0) is 11.3 Å². The molecule has 27 heavy (non-hydrogen) atoms.